The van der Waals surface area contributed by atoms with Crippen LogP contribution in [0.1, 0.15) is 18.0 Å². The zero-order valence-corrected chi connectivity index (χ0v) is 12.0. The third-order valence-corrected chi connectivity index (χ3v) is 4.73. The van der Waals surface area contributed by atoms with Crippen molar-refractivity contribution in [2.45, 2.75) is 18.9 Å². The molecule has 3 heterocycles. The van der Waals surface area contributed by atoms with Crippen molar-refractivity contribution in [2.24, 2.45) is 5.92 Å². The lowest BCUT2D eigenvalue weighted by Crippen LogP contribution is -2.45. The van der Waals surface area contributed by atoms with Crippen molar-refractivity contribution in [2.75, 3.05) is 13.1 Å². The predicted octanol–water partition coefficient (Wildman–Crippen LogP) is 2.50. The van der Waals surface area contributed by atoms with Gasteiger partial charge in [0.05, 0.1) is 5.56 Å². The van der Waals surface area contributed by atoms with Gasteiger partial charge in [0.25, 0.3) is 5.56 Å². The van der Waals surface area contributed by atoms with Gasteiger partial charge in [-0.25, -0.2) is 8.78 Å². The minimum absolute atomic E-state index is 0.163. The maximum absolute atomic E-state index is 14.0. The van der Waals surface area contributed by atoms with Crippen molar-refractivity contribution in [3.63, 3.8) is 0 Å². The zero-order chi connectivity index (χ0) is 15.3. The molecule has 5 heteroatoms. The summed E-state index contributed by atoms with van der Waals surface area (Å²) in [6.45, 7) is 2.45. The Morgan fingerprint density at radius 3 is 2.73 bits per heavy atom. The van der Waals surface area contributed by atoms with Crippen molar-refractivity contribution in [3.05, 3.63) is 58.0 Å². The van der Waals surface area contributed by atoms with E-state index in [1.54, 1.807) is 10.6 Å². The van der Waals surface area contributed by atoms with Gasteiger partial charge < -0.3 is 9.88 Å². The quantitative estimate of drug-likeness (QED) is 0.878. The van der Waals surface area contributed by atoms with Crippen LogP contribution < -0.4 is 10.9 Å². The minimum atomic E-state index is -0.699. The summed E-state index contributed by atoms with van der Waals surface area (Å²) in [5.41, 5.74) is 1.30. The highest BCUT2D eigenvalue weighted by atomic mass is 19.1. The molecule has 1 saturated heterocycles. The number of hydrogen-bond donors (Lipinski definition) is 1. The smallest absolute Gasteiger partial charge is 0.258 e. The SMILES string of the molecule is O=c1c(-c2ccc(F)cc2F)ccc2n1CC1CNCC2C1. The van der Waals surface area contributed by atoms with Gasteiger partial charge in [-0.1, -0.05) is 0 Å². The van der Waals surface area contributed by atoms with E-state index in [0.717, 1.165) is 31.3 Å². The van der Waals surface area contributed by atoms with E-state index in [2.05, 4.69) is 5.32 Å². The molecule has 0 saturated carbocycles. The molecule has 114 valence electrons. The van der Waals surface area contributed by atoms with Crippen LogP contribution in [0.4, 0.5) is 8.78 Å². The number of benzene rings is 1. The summed E-state index contributed by atoms with van der Waals surface area (Å²) < 4.78 is 28.8. The highest BCUT2D eigenvalue weighted by Crippen LogP contribution is 2.33. The molecule has 4 rings (SSSR count). The summed E-state index contributed by atoms with van der Waals surface area (Å²) in [7, 11) is 0. The van der Waals surface area contributed by atoms with Crippen molar-refractivity contribution in [3.8, 4) is 11.1 Å². The number of hydrogen-bond acceptors (Lipinski definition) is 2. The van der Waals surface area contributed by atoms with Gasteiger partial charge in [-0.3, -0.25) is 4.79 Å². The van der Waals surface area contributed by atoms with E-state index in [-0.39, 0.29) is 11.1 Å². The number of nitrogens with zero attached hydrogens (tertiary/aromatic N) is 1. The van der Waals surface area contributed by atoms with Crippen LogP contribution in [-0.2, 0) is 6.54 Å². The van der Waals surface area contributed by atoms with E-state index in [0.29, 0.717) is 23.9 Å². The molecule has 1 N–H and O–H groups in total. The lowest BCUT2D eigenvalue weighted by atomic mass is 9.84. The number of aromatic nitrogens is 1. The Bertz CT molecular complexity index is 800. The second-order valence-corrected chi connectivity index (χ2v) is 6.17. The summed E-state index contributed by atoms with van der Waals surface area (Å²) in [4.78, 5) is 12.8. The van der Waals surface area contributed by atoms with Crippen LogP contribution >= 0.6 is 0 Å². The second kappa shape index (κ2) is 5.02. The summed E-state index contributed by atoms with van der Waals surface area (Å²) in [6.07, 6.45) is 1.09. The maximum atomic E-state index is 14.0. The highest BCUT2D eigenvalue weighted by molar-refractivity contribution is 5.63. The molecular formula is C17H16F2N2O. The summed E-state index contributed by atoms with van der Waals surface area (Å²) in [5.74, 6) is -0.556. The highest BCUT2D eigenvalue weighted by Gasteiger charge is 2.31. The van der Waals surface area contributed by atoms with E-state index in [4.69, 9.17) is 0 Å². The topological polar surface area (TPSA) is 34.0 Å². The Hall–Kier alpha value is -2.01. The van der Waals surface area contributed by atoms with Gasteiger partial charge in [0.15, 0.2) is 0 Å². The Kier molecular flexibility index (Phi) is 3.11. The van der Waals surface area contributed by atoms with E-state index < -0.39 is 11.6 Å². The van der Waals surface area contributed by atoms with E-state index in [1.807, 2.05) is 6.07 Å². The van der Waals surface area contributed by atoms with Gasteiger partial charge >= 0.3 is 0 Å². The van der Waals surface area contributed by atoms with Gasteiger partial charge in [0, 0.05) is 36.3 Å². The van der Waals surface area contributed by atoms with E-state index in [1.165, 1.54) is 12.1 Å². The average molecular weight is 302 g/mol. The molecule has 1 fully saturated rings. The van der Waals surface area contributed by atoms with Crippen LogP contribution in [0.5, 0.6) is 0 Å². The number of pyridine rings is 1. The fourth-order valence-corrected chi connectivity index (χ4v) is 3.70. The summed E-state index contributed by atoms with van der Waals surface area (Å²) >= 11 is 0. The van der Waals surface area contributed by atoms with Gasteiger partial charge in [0.1, 0.15) is 11.6 Å². The fourth-order valence-electron chi connectivity index (χ4n) is 3.70. The molecule has 2 atom stereocenters. The molecule has 0 spiro atoms. The fraction of sp³-hybridized carbons (Fsp3) is 0.353. The first kappa shape index (κ1) is 13.6. The third kappa shape index (κ3) is 2.08. The van der Waals surface area contributed by atoms with Crippen molar-refractivity contribution >= 4 is 0 Å². The van der Waals surface area contributed by atoms with Gasteiger partial charge in [0.2, 0.25) is 0 Å². The first-order valence-electron chi connectivity index (χ1n) is 7.53. The Labute approximate surface area is 126 Å². The number of nitrogens with one attached hydrogen (secondary N) is 1. The molecule has 2 aliphatic rings. The predicted molar refractivity (Wildman–Crippen MR) is 79.8 cm³/mol. The maximum Gasteiger partial charge on any atom is 0.258 e. The first-order chi connectivity index (χ1) is 10.6. The van der Waals surface area contributed by atoms with Crippen molar-refractivity contribution < 1.29 is 8.78 Å². The standard InChI is InChI=1S/C17H16F2N2O/c18-12-1-2-13(15(19)6-12)14-3-4-16-11-5-10(7-20-8-11)9-21(16)17(14)22/h1-4,6,10-11,20H,5,7-9H2. The lowest BCUT2D eigenvalue weighted by molar-refractivity contribution is 0.257. The molecule has 2 bridgehead atoms. The molecule has 1 aromatic heterocycles. The monoisotopic (exact) mass is 302 g/mol. The molecule has 0 aliphatic carbocycles. The van der Waals surface area contributed by atoms with Gasteiger partial charge in [-0.05, 0) is 43.1 Å². The molecule has 2 aliphatic heterocycles. The number of fused-ring (bicyclic) bond motifs is 4. The molecular weight excluding hydrogens is 286 g/mol. The third-order valence-electron chi connectivity index (χ3n) is 4.73. The molecule has 22 heavy (non-hydrogen) atoms. The summed E-state index contributed by atoms with van der Waals surface area (Å²) in [6, 6.07) is 6.91. The first-order valence-corrected chi connectivity index (χ1v) is 7.53. The molecule has 0 radical (unpaired) electrons. The van der Waals surface area contributed by atoms with Crippen LogP contribution in [0.2, 0.25) is 0 Å². The molecule has 2 aromatic rings. The van der Waals surface area contributed by atoms with Gasteiger partial charge in [-0.2, -0.15) is 0 Å². The zero-order valence-electron chi connectivity index (χ0n) is 12.0. The molecule has 0 amide bonds. The number of rotatable bonds is 1. The Balaban J connectivity index is 1.86. The van der Waals surface area contributed by atoms with E-state index >= 15 is 0 Å². The van der Waals surface area contributed by atoms with Crippen molar-refractivity contribution in [1.29, 1.82) is 0 Å². The van der Waals surface area contributed by atoms with Crippen LogP contribution in [-0.4, -0.2) is 17.7 Å². The molecule has 1 aromatic carbocycles. The minimum Gasteiger partial charge on any atom is -0.316 e. The summed E-state index contributed by atoms with van der Waals surface area (Å²) in [5, 5.41) is 3.39. The number of piperidine rings is 1. The average Bonchev–Trinajstić information content (AvgIpc) is 2.50. The molecule has 3 nitrogen and oxygen atoms in total. The normalized spacial score (nSPS) is 23.2. The van der Waals surface area contributed by atoms with Crippen LogP contribution in [0.25, 0.3) is 11.1 Å². The van der Waals surface area contributed by atoms with Crippen LogP contribution in [0, 0.1) is 17.6 Å². The van der Waals surface area contributed by atoms with E-state index in [9.17, 15) is 13.6 Å². The van der Waals surface area contributed by atoms with Crippen LogP contribution in [0.15, 0.2) is 35.1 Å². The van der Waals surface area contributed by atoms with Gasteiger partial charge in [-0.15, -0.1) is 0 Å². The Morgan fingerprint density at radius 2 is 1.91 bits per heavy atom. The lowest BCUT2D eigenvalue weighted by Gasteiger charge is -2.37. The van der Waals surface area contributed by atoms with Crippen molar-refractivity contribution in [1.82, 2.24) is 9.88 Å². The van der Waals surface area contributed by atoms with Crippen LogP contribution in [0.3, 0.4) is 0 Å². The second-order valence-electron chi connectivity index (χ2n) is 6.17. The number of halogens is 2. The Morgan fingerprint density at radius 1 is 1.09 bits per heavy atom. The largest absolute Gasteiger partial charge is 0.316 e. The molecule has 2 unspecified atom stereocenters.